The number of benzene rings is 1. The molecule has 0 aliphatic heterocycles. The third-order valence-corrected chi connectivity index (χ3v) is 5.94. The molecule has 7 heteroatoms. The maximum Gasteiger partial charge on any atom is 0.311 e. The van der Waals surface area contributed by atoms with Gasteiger partial charge in [-0.3, -0.25) is 14.5 Å². The predicted octanol–water partition coefficient (Wildman–Crippen LogP) is 5.10. The van der Waals surface area contributed by atoms with Gasteiger partial charge in [-0.05, 0) is 43.3 Å². The molecule has 0 saturated heterocycles. The lowest BCUT2D eigenvalue weighted by atomic mass is 10.0. The fourth-order valence-corrected chi connectivity index (χ4v) is 4.69. The van der Waals surface area contributed by atoms with Gasteiger partial charge in [0.05, 0.1) is 17.8 Å². The number of nitrogens with zero attached hydrogens (tertiary/aromatic N) is 2. The van der Waals surface area contributed by atoms with E-state index in [1.54, 1.807) is 4.90 Å². The SMILES string of the molecule is CC(=O)N(c1nc(COC(=O)Cc2cccs2)cs1)c1c(C)cc(C)cc1C. The highest BCUT2D eigenvalue weighted by Crippen LogP contribution is 2.34. The van der Waals surface area contributed by atoms with Gasteiger partial charge in [0.15, 0.2) is 5.13 Å². The van der Waals surface area contributed by atoms with Crippen LogP contribution < -0.4 is 4.90 Å². The number of aromatic nitrogens is 1. The van der Waals surface area contributed by atoms with E-state index in [1.807, 2.05) is 43.7 Å². The van der Waals surface area contributed by atoms with E-state index in [0.717, 1.165) is 27.3 Å². The number of thiophene rings is 1. The van der Waals surface area contributed by atoms with E-state index in [0.29, 0.717) is 10.8 Å². The molecule has 0 fully saturated rings. The predicted molar refractivity (Wildman–Crippen MR) is 113 cm³/mol. The maximum atomic E-state index is 12.4. The molecule has 0 spiro atoms. The summed E-state index contributed by atoms with van der Waals surface area (Å²) in [7, 11) is 0. The maximum absolute atomic E-state index is 12.4. The van der Waals surface area contributed by atoms with Crippen LogP contribution in [0.5, 0.6) is 0 Å². The van der Waals surface area contributed by atoms with Crippen molar-refractivity contribution in [2.45, 2.75) is 40.7 Å². The van der Waals surface area contributed by atoms with E-state index in [4.69, 9.17) is 4.74 Å². The van der Waals surface area contributed by atoms with Gasteiger partial charge in [-0.25, -0.2) is 4.98 Å². The fraction of sp³-hybridized carbons (Fsp3) is 0.286. The van der Waals surface area contributed by atoms with Crippen molar-refractivity contribution in [1.82, 2.24) is 4.98 Å². The minimum absolute atomic E-state index is 0.0956. The van der Waals surface area contributed by atoms with E-state index in [9.17, 15) is 9.59 Å². The Morgan fingerprint density at radius 1 is 1.14 bits per heavy atom. The van der Waals surface area contributed by atoms with Gasteiger partial charge in [0.25, 0.3) is 0 Å². The Hall–Kier alpha value is -2.51. The van der Waals surface area contributed by atoms with E-state index in [1.165, 1.54) is 29.6 Å². The summed E-state index contributed by atoms with van der Waals surface area (Å²) in [6.45, 7) is 7.64. The number of carbonyl (C=O) groups excluding carboxylic acids is 2. The van der Waals surface area contributed by atoms with Crippen LogP contribution in [0.15, 0.2) is 35.0 Å². The first-order valence-corrected chi connectivity index (χ1v) is 10.6. The average Bonchev–Trinajstić information content (AvgIpc) is 3.27. The van der Waals surface area contributed by atoms with Crippen LogP contribution in [0.4, 0.5) is 10.8 Å². The molecule has 0 N–H and O–H groups in total. The van der Waals surface area contributed by atoms with Crippen molar-refractivity contribution in [1.29, 1.82) is 0 Å². The number of hydrogen-bond acceptors (Lipinski definition) is 6. The van der Waals surface area contributed by atoms with Crippen molar-refractivity contribution in [3.05, 3.63) is 62.3 Å². The van der Waals surface area contributed by atoms with Gasteiger partial charge in [-0.15, -0.1) is 22.7 Å². The topological polar surface area (TPSA) is 59.5 Å². The van der Waals surface area contributed by atoms with Crippen molar-refractivity contribution in [3.63, 3.8) is 0 Å². The third kappa shape index (κ3) is 4.66. The Morgan fingerprint density at radius 3 is 2.46 bits per heavy atom. The number of esters is 1. The molecule has 0 aliphatic carbocycles. The number of anilines is 2. The minimum atomic E-state index is -0.286. The first-order chi connectivity index (χ1) is 13.3. The van der Waals surface area contributed by atoms with Crippen LogP contribution in [0, 0.1) is 20.8 Å². The molecular formula is C21H22N2O3S2. The lowest BCUT2D eigenvalue weighted by Gasteiger charge is -2.23. The quantitative estimate of drug-likeness (QED) is 0.527. The summed E-state index contributed by atoms with van der Waals surface area (Å²) in [4.78, 5) is 31.5. The standard InChI is InChI=1S/C21H22N2O3S2/c1-13-8-14(2)20(15(3)9-13)23(16(4)24)21-22-17(12-28-21)11-26-19(25)10-18-6-5-7-27-18/h5-9,12H,10-11H2,1-4H3. The number of carbonyl (C=O) groups is 2. The molecule has 28 heavy (non-hydrogen) atoms. The molecule has 0 radical (unpaired) electrons. The summed E-state index contributed by atoms with van der Waals surface area (Å²) in [5.74, 6) is -0.392. The Morgan fingerprint density at radius 2 is 1.86 bits per heavy atom. The zero-order valence-corrected chi connectivity index (χ0v) is 17.9. The van der Waals surface area contributed by atoms with E-state index in [-0.39, 0.29) is 24.9 Å². The molecule has 0 aliphatic rings. The first kappa shape index (κ1) is 20.2. The molecule has 0 saturated carbocycles. The van der Waals surface area contributed by atoms with Crippen molar-refractivity contribution >= 4 is 45.4 Å². The summed E-state index contributed by atoms with van der Waals surface area (Å²) in [6.07, 6.45) is 0.260. The summed E-state index contributed by atoms with van der Waals surface area (Å²) < 4.78 is 5.33. The molecule has 0 bridgehead atoms. The second-order valence-electron chi connectivity index (χ2n) is 6.64. The molecule has 5 nitrogen and oxygen atoms in total. The molecule has 2 aromatic heterocycles. The molecule has 1 aromatic carbocycles. The van der Waals surface area contributed by atoms with Crippen LogP contribution >= 0.6 is 22.7 Å². The first-order valence-electron chi connectivity index (χ1n) is 8.86. The smallest absolute Gasteiger partial charge is 0.311 e. The largest absolute Gasteiger partial charge is 0.459 e. The van der Waals surface area contributed by atoms with Gasteiger partial charge >= 0.3 is 5.97 Å². The van der Waals surface area contributed by atoms with Crippen LogP contribution in [0.2, 0.25) is 0 Å². The summed E-state index contributed by atoms with van der Waals surface area (Å²) in [5, 5.41) is 4.33. The van der Waals surface area contributed by atoms with E-state index >= 15 is 0 Å². The highest BCUT2D eigenvalue weighted by atomic mass is 32.1. The third-order valence-electron chi connectivity index (χ3n) is 4.18. The van der Waals surface area contributed by atoms with Crippen molar-refractivity contribution in [2.24, 2.45) is 0 Å². The zero-order valence-electron chi connectivity index (χ0n) is 16.3. The Bertz CT molecular complexity index is 970. The fourth-order valence-electron chi connectivity index (χ4n) is 3.14. The van der Waals surface area contributed by atoms with Gasteiger partial charge in [0.2, 0.25) is 5.91 Å². The van der Waals surface area contributed by atoms with E-state index in [2.05, 4.69) is 17.1 Å². The summed E-state index contributed by atoms with van der Waals surface area (Å²) in [5.41, 5.74) is 4.68. The van der Waals surface area contributed by atoms with Crippen molar-refractivity contribution in [2.75, 3.05) is 4.90 Å². The van der Waals surface area contributed by atoms with Gasteiger partial charge in [0, 0.05) is 17.2 Å². The number of ether oxygens (including phenoxy) is 1. The van der Waals surface area contributed by atoms with Crippen LogP contribution in [-0.2, 0) is 27.4 Å². The van der Waals surface area contributed by atoms with Gasteiger partial charge in [0.1, 0.15) is 6.61 Å². The second-order valence-corrected chi connectivity index (χ2v) is 8.51. The number of thiazole rings is 1. The average molecular weight is 415 g/mol. The normalized spacial score (nSPS) is 10.7. The number of rotatable bonds is 6. The molecule has 0 unspecified atom stereocenters. The monoisotopic (exact) mass is 414 g/mol. The molecule has 3 aromatic rings. The Balaban J connectivity index is 1.75. The highest BCUT2D eigenvalue weighted by molar-refractivity contribution is 7.14. The molecule has 146 valence electrons. The van der Waals surface area contributed by atoms with Crippen molar-refractivity contribution < 1.29 is 14.3 Å². The lowest BCUT2D eigenvalue weighted by molar-refractivity contribution is -0.144. The van der Waals surface area contributed by atoms with Gasteiger partial charge < -0.3 is 4.74 Å². The molecule has 0 atom stereocenters. The second kappa shape index (κ2) is 8.67. The Labute approximate surface area is 172 Å². The number of aryl methyl sites for hydroxylation is 3. The molecule has 3 rings (SSSR count). The number of hydrogen-bond donors (Lipinski definition) is 0. The zero-order chi connectivity index (χ0) is 20.3. The number of amides is 1. The highest BCUT2D eigenvalue weighted by Gasteiger charge is 2.22. The summed E-state index contributed by atoms with van der Waals surface area (Å²) >= 11 is 2.89. The van der Waals surface area contributed by atoms with Crippen LogP contribution in [0.1, 0.15) is 34.2 Å². The van der Waals surface area contributed by atoms with E-state index < -0.39 is 0 Å². The minimum Gasteiger partial charge on any atom is -0.459 e. The molecule has 1 amide bonds. The van der Waals surface area contributed by atoms with Gasteiger partial charge in [-0.2, -0.15) is 0 Å². The summed E-state index contributed by atoms with van der Waals surface area (Å²) in [6, 6.07) is 7.92. The van der Waals surface area contributed by atoms with Crippen LogP contribution in [-0.4, -0.2) is 16.9 Å². The van der Waals surface area contributed by atoms with Crippen molar-refractivity contribution in [3.8, 4) is 0 Å². The Kier molecular flexibility index (Phi) is 6.26. The van der Waals surface area contributed by atoms with Gasteiger partial charge in [-0.1, -0.05) is 23.8 Å². The van der Waals surface area contributed by atoms with Crippen LogP contribution in [0.3, 0.4) is 0 Å². The molecular weight excluding hydrogens is 392 g/mol. The van der Waals surface area contributed by atoms with Crippen LogP contribution in [0.25, 0.3) is 0 Å². The molecule has 2 heterocycles. The lowest BCUT2D eigenvalue weighted by Crippen LogP contribution is -2.24.